The van der Waals surface area contributed by atoms with Gasteiger partial charge in [0.05, 0.1) is 12.7 Å². The van der Waals surface area contributed by atoms with Gasteiger partial charge in [0.1, 0.15) is 0 Å². The van der Waals surface area contributed by atoms with Gasteiger partial charge in [-0.25, -0.2) is 4.79 Å². The maximum atomic E-state index is 12.6. The van der Waals surface area contributed by atoms with Gasteiger partial charge in [0.15, 0.2) is 17.3 Å². The monoisotopic (exact) mass is 434 g/mol. The van der Waals surface area contributed by atoms with Crippen molar-refractivity contribution in [3.05, 3.63) is 126 Å². The van der Waals surface area contributed by atoms with Crippen molar-refractivity contribution in [2.75, 3.05) is 7.11 Å². The van der Waals surface area contributed by atoms with E-state index in [4.69, 9.17) is 9.47 Å². The third-order valence-electron chi connectivity index (χ3n) is 5.10. The Bertz CT molecular complexity index is 1270. The van der Waals surface area contributed by atoms with Gasteiger partial charge in [0, 0.05) is 5.56 Å². The second-order valence-electron chi connectivity index (χ2n) is 7.31. The van der Waals surface area contributed by atoms with Gasteiger partial charge in [-0.1, -0.05) is 84.9 Å². The van der Waals surface area contributed by atoms with E-state index >= 15 is 0 Å². The molecule has 0 atom stereocenters. The van der Waals surface area contributed by atoms with Gasteiger partial charge in [0.25, 0.3) is 0 Å². The van der Waals surface area contributed by atoms with Gasteiger partial charge in [-0.05, 0) is 47.0 Å². The number of carbonyl (C=O) groups excluding carboxylic acids is 2. The second-order valence-corrected chi connectivity index (χ2v) is 7.31. The van der Waals surface area contributed by atoms with Crippen molar-refractivity contribution in [3.63, 3.8) is 0 Å². The minimum absolute atomic E-state index is 0.104. The van der Waals surface area contributed by atoms with E-state index in [0.29, 0.717) is 22.6 Å². The molecule has 0 radical (unpaired) electrons. The van der Waals surface area contributed by atoms with Crippen LogP contribution in [0.25, 0.3) is 17.2 Å². The van der Waals surface area contributed by atoms with Gasteiger partial charge in [0.2, 0.25) is 0 Å². The zero-order valence-corrected chi connectivity index (χ0v) is 18.1. The van der Waals surface area contributed by atoms with Crippen LogP contribution in [0.5, 0.6) is 11.5 Å². The molecule has 0 spiro atoms. The number of allylic oxidation sites excluding steroid dienone is 1. The highest BCUT2D eigenvalue weighted by Crippen LogP contribution is 2.29. The zero-order chi connectivity index (χ0) is 23.0. The fourth-order valence-corrected chi connectivity index (χ4v) is 3.33. The smallest absolute Gasteiger partial charge is 0.343 e. The largest absolute Gasteiger partial charge is 0.493 e. The van der Waals surface area contributed by atoms with Crippen molar-refractivity contribution in [2.24, 2.45) is 0 Å². The number of esters is 1. The first-order valence-electron chi connectivity index (χ1n) is 10.5. The number of rotatable bonds is 7. The molecule has 0 saturated carbocycles. The summed E-state index contributed by atoms with van der Waals surface area (Å²) in [6.45, 7) is 0. The fraction of sp³-hybridized carbons (Fsp3) is 0.0345. The van der Waals surface area contributed by atoms with Crippen LogP contribution in [-0.4, -0.2) is 18.9 Å². The number of ketones is 1. The lowest BCUT2D eigenvalue weighted by molar-refractivity contribution is 0.0729. The Labute approximate surface area is 192 Å². The van der Waals surface area contributed by atoms with E-state index in [1.807, 2.05) is 60.7 Å². The van der Waals surface area contributed by atoms with Gasteiger partial charge in [-0.2, -0.15) is 0 Å². The molecule has 4 heteroatoms. The van der Waals surface area contributed by atoms with Crippen LogP contribution in [0.15, 0.2) is 109 Å². The summed E-state index contributed by atoms with van der Waals surface area (Å²) in [7, 11) is 1.50. The van der Waals surface area contributed by atoms with Gasteiger partial charge in [-0.3, -0.25) is 4.79 Å². The lowest BCUT2D eigenvalue weighted by Crippen LogP contribution is -2.09. The Kier molecular flexibility index (Phi) is 6.76. The number of methoxy groups -OCH3 is 1. The Morgan fingerprint density at radius 1 is 0.667 bits per heavy atom. The molecular weight excluding hydrogens is 412 g/mol. The molecule has 0 amide bonds. The Hall–Kier alpha value is -4.44. The molecule has 0 aromatic heterocycles. The van der Waals surface area contributed by atoms with Gasteiger partial charge < -0.3 is 9.47 Å². The number of ether oxygens (including phenoxy) is 2. The van der Waals surface area contributed by atoms with Crippen LogP contribution >= 0.6 is 0 Å². The average Bonchev–Trinajstić information content (AvgIpc) is 2.89. The van der Waals surface area contributed by atoms with E-state index in [-0.39, 0.29) is 5.78 Å². The van der Waals surface area contributed by atoms with Crippen molar-refractivity contribution < 1.29 is 19.1 Å². The van der Waals surface area contributed by atoms with Crippen LogP contribution in [0, 0.1) is 0 Å². The van der Waals surface area contributed by atoms with E-state index in [0.717, 1.165) is 16.7 Å². The van der Waals surface area contributed by atoms with E-state index < -0.39 is 5.97 Å². The summed E-state index contributed by atoms with van der Waals surface area (Å²) in [5, 5.41) is 0. The maximum Gasteiger partial charge on any atom is 0.343 e. The highest BCUT2D eigenvalue weighted by atomic mass is 16.6. The molecule has 0 aliphatic heterocycles. The standard InChI is InChI=1S/C29H22O4/c1-32-28-20-21(13-19-27(28)33-29(31)25-10-6-3-7-11-25)12-18-26(30)24-16-14-23(15-17-24)22-8-4-2-5-9-22/h2-20H,1H3/b18-12+. The third kappa shape index (κ3) is 5.43. The summed E-state index contributed by atoms with van der Waals surface area (Å²) < 4.78 is 10.8. The maximum absolute atomic E-state index is 12.6. The lowest BCUT2D eigenvalue weighted by Gasteiger charge is -2.10. The van der Waals surface area contributed by atoms with Gasteiger partial charge in [-0.15, -0.1) is 0 Å². The van der Waals surface area contributed by atoms with E-state index in [1.54, 1.807) is 48.5 Å². The zero-order valence-electron chi connectivity index (χ0n) is 18.1. The SMILES string of the molecule is COc1cc(/C=C/C(=O)c2ccc(-c3ccccc3)cc2)ccc1OC(=O)c1ccccc1. The molecule has 0 fully saturated rings. The Morgan fingerprint density at radius 2 is 1.30 bits per heavy atom. The topological polar surface area (TPSA) is 52.6 Å². The number of hydrogen-bond acceptors (Lipinski definition) is 4. The second kappa shape index (κ2) is 10.2. The lowest BCUT2D eigenvalue weighted by atomic mass is 10.0. The quantitative estimate of drug-likeness (QED) is 0.145. The number of carbonyl (C=O) groups is 2. The summed E-state index contributed by atoms with van der Waals surface area (Å²) >= 11 is 0. The predicted molar refractivity (Wildman–Crippen MR) is 130 cm³/mol. The van der Waals surface area contributed by atoms with Crippen LogP contribution in [0.4, 0.5) is 0 Å². The molecular formula is C29H22O4. The predicted octanol–water partition coefficient (Wildman–Crippen LogP) is 6.48. The van der Waals surface area contributed by atoms with E-state index in [9.17, 15) is 9.59 Å². The van der Waals surface area contributed by atoms with Crippen molar-refractivity contribution in [1.82, 2.24) is 0 Å². The Morgan fingerprint density at radius 3 is 1.97 bits per heavy atom. The highest BCUT2D eigenvalue weighted by molar-refractivity contribution is 6.07. The first kappa shape index (κ1) is 21.8. The molecule has 4 aromatic rings. The van der Waals surface area contributed by atoms with Crippen LogP contribution < -0.4 is 9.47 Å². The van der Waals surface area contributed by atoms with Crippen molar-refractivity contribution >= 4 is 17.8 Å². The number of hydrogen-bond donors (Lipinski definition) is 0. The fourth-order valence-electron chi connectivity index (χ4n) is 3.33. The molecule has 0 unspecified atom stereocenters. The molecule has 162 valence electrons. The first-order chi connectivity index (χ1) is 16.1. The summed E-state index contributed by atoms with van der Waals surface area (Å²) in [5.41, 5.74) is 3.97. The van der Waals surface area contributed by atoms with E-state index in [1.165, 1.54) is 13.2 Å². The van der Waals surface area contributed by atoms with Crippen LogP contribution in [0.1, 0.15) is 26.3 Å². The molecule has 4 nitrogen and oxygen atoms in total. The molecule has 0 aliphatic carbocycles. The minimum atomic E-state index is -0.466. The van der Waals surface area contributed by atoms with Crippen molar-refractivity contribution in [2.45, 2.75) is 0 Å². The summed E-state index contributed by atoms with van der Waals surface area (Å²) in [4.78, 5) is 24.9. The van der Waals surface area contributed by atoms with Crippen molar-refractivity contribution in [3.8, 4) is 22.6 Å². The summed E-state index contributed by atoms with van der Waals surface area (Å²) in [5.74, 6) is 0.145. The average molecular weight is 434 g/mol. The molecule has 0 N–H and O–H groups in total. The molecule has 4 rings (SSSR count). The molecule has 33 heavy (non-hydrogen) atoms. The summed E-state index contributed by atoms with van der Waals surface area (Å²) in [6, 6.07) is 31.4. The van der Waals surface area contributed by atoms with Crippen LogP contribution in [0.3, 0.4) is 0 Å². The van der Waals surface area contributed by atoms with Gasteiger partial charge >= 0.3 is 5.97 Å². The molecule has 0 bridgehead atoms. The molecule has 0 aliphatic rings. The minimum Gasteiger partial charge on any atom is -0.493 e. The first-order valence-corrected chi connectivity index (χ1v) is 10.5. The molecule has 0 heterocycles. The Balaban J connectivity index is 1.45. The summed E-state index contributed by atoms with van der Waals surface area (Å²) in [6.07, 6.45) is 3.22. The molecule has 4 aromatic carbocycles. The van der Waals surface area contributed by atoms with Crippen LogP contribution in [-0.2, 0) is 0 Å². The third-order valence-corrected chi connectivity index (χ3v) is 5.10. The highest BCUT2D eigenvalue weighted by Gasteiger charge is 2.12. The normalized spacial score (nSPS) is 10.7. The number of benzene rings is 4. The van der Waals surface area contributed by atoms with Crippen molar-refractivity contribution in [1.29, 1.82) is 0 Å². The van der Waals surface area contributed by atoms with E-state index in [2.05, 4.69) is 0 Å². The molecule has 0 saturated heterocycles. The van der Waals surface area contributed by atoms with Crippen LogP contribution in [0.2, 0.25) is 0 Å².